The lowest BCUT2D eigenvalue weighted by Crippen LogP contribution is -2.61. The molecule has 1 aliphatic heterocycles. The van der Waals surface area contributed by atoms with Gasteiger partial charge in [-0.05, 0) is 12.8 Å². The fourth-order valence-corrected chi connectivity index (χ4v) is 1.78. The molecule has 4 heteroatoms. The van der Waals surface area contributed by atoms with E-state index in [0.29, 0.717) is 6.42 Å². The molecule has 1 fully saturated rings. The van der Waals surface area contributed by atoms with E-state index in [1.807, 2.05) is 13.8 Å². The molecule has 0 aromatic heterocycles. The highest BCUT2D eigenvalue weighted by Gasteiger charge is 2.36. The second-order valence-corrected chi connectivity index (χ2v) is 3.72. The largest absolute Gasteiger partial charge is 0.343 e. The van der Waals surface area contributed by atoms with Gasteiger partial charge in [0, 0.05) is 7.05 Å². The van der Waals surface area contributed by atoms with Crippen molar-refractivity contribution in [3.8, 4) is 0 Å². The summed E-state index contributed by atoms with van der Waals surface area (Å²) in [7, 11) is 1.71. The number of hydrogen-bond donors (Lipinski definition) is 1. The summed E-state index contributed by atoms with van der Waals surface area (Å²) in [4.78, 5) is 24.9. The van der Waals surface area contributed by atoms with Crippen LogP contribution in [-0.2, 0) is 9.59 Å². The summed E-state index contributed by atoms with van der Waals surface area (Å²) < 4.78 is 0. The number of carbonyl (C=O) groups is 2. The van der Waals surface area contributed by atoms with Gasteiger partial charge in [0.2, 0.25) is 11.8 Å². The Labute approximate surface area is 84.7 Å². The van der Waals surface area contributed by atoms with Gasteiger partial charge in [-0.2, -0.15) is 0 Å². The van der Waals surface area contributed by atoms with Gasteiger partial charge in [0.05, 0.1) is 0 Å². The third kappa shape index (κ3) is 1.89. The van der Waals surface area contributed by atoms with Crippen molar-refractivity contribution in [3.05, 3.63) is 0 Å². The molecule has 0 spiro atoms. The van der Waals surface area contributed by atoms with Gasteiger partial charge in [-0.15, -0.1) is 0 Å². The smallest absolute Gasteiger partial charge is 0.245 e. The molecule has 1 rings (SSSR count). The van der Waals surface area contributed by atoms with Crippen LogP contribution in [0.3, 0.4) is 0 Å². The van der Waals surface area contributed by atoms with Crippen LogP contribution >= 0.6 is 0 Å². The highest BCUT2D eigenvalue weighted by atomic mass is 16.2. The van der Waals surface area contributed by atoms with E-state index in [0.717, 1.165) is 12.8 Å². The molecular formula is C10H18N2O2. The van der Waals surface area contributed by atoms with Crippen LogP contribution in [-0.4, -0.2) is 35.8 Å². The number of carbonyl (C=O) groups excluding carboxylic acids is 2. The van der Waals surface area contributed by atoms with E-state index in [4.69, 9.17) is 0 Å². The maximum Gasteiger partial charge on any atom is 0.245 e. The molecule has 2 amide bonds. The molecule has 2 atom stereocenters. The number of rotatable bonds is 3. The van der Waals surface area contributed by atoms with Gasteiger partial charge in [0.25, 0.3) is 0 Å². The van der Waals surface area contributed by atoms with Crippen LogP contribution in [0.1, 0.15) is 33.1 Å². The summed E-state index contributed by atoms with van der Waals surface area (Å²) in [6, 6.07) is -0.587. The van der Waals surface area contributed by atoms with Crippen molar-refractivity contribution in [2.75, 3.05) is 7.05 Å². The molecule has 0 saturated carbocycles. The van der Waals surface area contributed by atoms with Crippen molar-refractivity contribution in [1.29, 1.82) is 0 Å². The molecule has 14 heavy (non-hydrogen) atoms. The molecule has 1 saturated heterocycles. The van der Waals surface area contributed by atoms with Crippen molar-refractivity contribution in [2.24, 2.45) is 0 Å². The summed E-state index contributed by atoms with van der Waals surface area (Å²) in [5.41, 5.74) is 0. The summed E-state index contributed by atoms with van der Waals surface area (Å²) in [6.07, 6.45) is 2.31. The lowest BCUT2D eigenvalue weighted by Gasteiger charge is -2.36. The first-order valence-corrected chi connectivity index (χ1v) is 5.18. The quantitative estimate of drug-likeness (QED) is 0.718. The van der Waals surface area contributed by atoms with Gasteiger partial charge in [0.1, 0.15) is 12.1 Å². The van der Waals surface area contributed by atoms with E-state index in [9.17, 15) is 9.59 Å². The molecule has 0 aromatic carbocycles. The molecule has 0 bridgehead atoms. The number of amides is 2. The second-order valence-electron chi connectivity index (χ2n) is 3.72. The van der Waals surface area contributed by atoms with Crippen LogP contribution in [0.4, 0.5) is 0 Å². The van der Waals surface area contributed by atoms with E-state index in [-0.39, 0.29) is 23.9 Å². The third-order valence-corrected chi connectivity index (χ3v) is 2.70. The summed E-state index contributed by atoms with van der Waals surface area (Å²) in [5.74, 6) is 0.0198. The van der Waals surface area contributed by atoms with Crippen LogP contribution in [0.15, 0.2) is 0 Å². The predicted molar refractivity (Wildman–Crippen MR) is 53.7 cm³/mol. The van der Waals surface area contributed by atoms with Crippen LogP contribution < -0.4 is 5.32 Å². The van der Waals surface area contributed by atoms with E-state index in [1.165, 1.54) is 0 Å². The van der Waals surface area contributed by atoms with Crippen molar-refractivity contribution in [3.63, 3.8) is 0 Å². The minimum absolute atomic E-state index is 0.0131. The number of nitrogens with zero attached hydrogens (tertiary/aromatic N) is 1. The van der Waals surface area contributed by atoms with Gasteiger partial charge in [-0.3, -0.25) is 9.59 Å². The number of piperazine rings is 1. The molecule has 0 aromatic rings. The Morgan fingerprint density at radius 1 is 1.36 bits per heavy atom. The highest BCUT2D eigenvalue weighted by Crippen LogP contribution is 2.13. The lowest BCUT2D eigenvalue weighted by molar-refractivity contribution is -0.148. The average Bonchev–Trinajstić information content (AvgIpc) is 2.18. The molecule has 2 unspecified atom stereocenters. The predicted octanol–water partition coefficient (Wildman–Crippen LogP) is 0.522. The van der Waals surface area contributed by atoms with Gasteiger partial charge < -0.3 is 10.2 Å². The fourth-order valence-electron chi connectivity index (χ4n) is 1.78. The first-order valence-electron chi connectivity index (χ1n) is 5.18. The molecule has 1 N–H and O–H groups in total. The van der Waals surface area contributed by atoms with Crippen molar-refractivity contribution < 1.29 is 9.59 Å². The maximum absolute atomic E-state index is 11.7. The fraction of sp³-hybridized carbons (Fsp3) is 0.800. The zero-order valence-electron chi connectivity index (χ0n) is 9.04. The van der Waals surface area contributed by atoms with Crippen LogP contribution in [0.25, 0.3) is 0 Å². The third-order valence-electron chi connectivity index (χ3n) is 2.70. The Hall–Kier alpha value is -1.06. The molecule has 0 aliphatic carbocycles. The van der Waals surface area contributed by atoms with Crippen LogP contribution in [0, 0.1) is 0 Å². The highest BCUT2D eigenvalue weighted by molar-refractivity contribution is 5.96. The molecule has 1 heterocycles. The first-order chi connectivity index (χ1) is 6.61. The zero-order valence-corrected chi connectivity index (χ0v) is 9.04. The standard InChI is InChI=1S/C10H18N2O2/c1-4-6-8-9(13)11-7(5-2)10(14)12(8)3/h7-8H,4-6H2,1-3H3,(H,11,13). The maximum atomic E-state index is 11.7. The number of hydrogen-bond acceptors (Lipinski definition) is 2. The van der Waals surface area contributed by atoms with Gasteiger partial charge >= 0.3 is 0 Å². The normalized spacial score (nSPS) is 27.8. The number of likely N-dealkylation sites (N-methyl/N-ethyl adjacent to an activating group) is 1. The first kappa shape index (κ1) is 11.0. The molecule has 0 radical (unpaired) electrons. The Bertz CT molecular complexity index is 240. The van der Waals surface area contributed by atoms with E-state index < -0.39 is 0 Å². The monoisotopic (exact) mass is 198 g/mol. The van der Waals surface area contributed by atoms with E-state index in [1.54, 1.807) is 11.9 Å². The SMILES string of the molecule is CCCC1C(=O)NC(CC)C(=O)N1C. The lowest BCUT2D eigenvalue weighted by atomic mass is 10.0. The second kappa shape index (κ2) is 4.44. The van der Waals surface area contributed by atoms with Crippen molar-refractivity contribution in [2.45, 2.75) is 45.2 Å². The zero-order chi connectivity index (χ0) is 10.7. The van der Waals surface area contributed by atoms with Crippen molar-refractivity contribution in [1.82, 2.24) is 10.2 Å². The Morgan fingerprint density at radius 2 is 2.00 bits per heavy atom. The minimum atomic E-state index is -0.319. The molecule has 80 valence electrons. The van der Waals surface area contributed by atoms with E-state index in [2.05, 4.69) is 5.32 Å². The Morgan fingerprint density at radius 3 is 2.50 bits per heavy atom. The van der Waals surface area contributed by atoms with Gasteiger partial charge in [0.15, 0.2) is 0 Å². The molecular weight excluding hydrogens is 180 g/mol. The number of nitrogens with one attached hydrogen (secondary N) is 1. The molecule has 1 aliphatic rings. The minimum Gasteiger partial charge on any atom is -0.343 e. The summed E-state index contributed by atoms with van der Waals surface area (Å²) >= 11 is 0. The average molecular weight is 198 g/mol. The topological polar surface area (TPSA) is 49.4 Å². The van der Waals surface area contributed by atoms with E-state index >= 15 is 0 Å². The van der Waals surface area contributed by atoms with Crippen LogP contribution in [0.2, 0.25) is 0 Å². The van der Waals surface area contributed by atoms with Crippen molar-refractivity contribution >= 4 is 11.8 Å². The summed E-state index contributed by atoms with van der Waals surface area (Å²) in [5, 5.41) is 2.75. The molecule has 4 nitrogen and oxygen atoms in total. The van der Waals surface area contributed by atoms with Gasteiger partial charge in [-0.1, -0.05) is 20.3 Å². The van der Waals surface area contributed by atoms with Crippen LogP contribution in [0.5, 0.6) is 0 Å². The van der Waals surface area contributed by atoms with Gasteiger partial charge in [-0.25, -0.2) is 0 Å². The Kier molecular flexibility index (Phi) is 3.49. The summed E-state index contributed by atoms with van der Waals surface area (Å²) in [6.45, 7) is 3.91. The Balaban J connectivity index is 2.74.